The molecular formula is C11H10N2O2S. The molecule has 2 aromatic rings. The second-order valence-electron chi connectivity index (χ2n) is 3.26. The van der Waals surface area contributed by atoms with Gasteiger partial charge in [-0.05, 0) is 24.6 Å². The minimum absolute atomic E-state index is 0.338. The SMILES string of the molecule is CCc1cc(-c2ccc(C(=O)O)s2)cnn1. The summed E-state index contributed by atoms with van der Waals surface area (Å²) in [5.41, 5.74) is 1.83. The lowest BCUT2D eigenvalue weighted by atomic mass is 10.2. The van der Waals surface area contributed by atoms with Crippen molar-refractivity contribution in [3.8, 4) is 10.4 Å². The van der Waals surface area contributed by atoms with Crippen LogP contribution in [-0.4, -0.2) is 21.3 Å². The van der Waals surface area contributed by atoms with Crippen LogP contribution in [0.1, 0.15) is 22.3 Å². The van der Waals surface area contributed by atoms with E-state index < -0.39 is 5.97 Å². The first-order chi connectivity index (χ1) is 7.70. The normalized spacial score (nSPS) is 10.3. The molecule has 0 spiro atoms. The molecule has 0 atom stereocenters. The van der Waals surface area contributed by atoms with Crippen LogP contribution in [0.3, 0.4) is 0 Å². The maximum atomic E-state index is 10.8. The number of nitrogens with zero attached hydrogens (tertiary/aromatic N) is 2. The van der Waals surface area contributed by atoms with Crippen molar-refractivity contribution < 1.29 is 9.90 Å². The number of aryl methyl sites for hydroxylation is 1. The average molecular weight is 234 g/mol. The number of thiophene rings is 1. The number of aromatic carboxylic acids is 1. The smallest absolute Gasteiger partial charge is 0.345 e. The molecular weight excluding hydrogens is 224 g/mol. The van der Waals surface area contributed by atoms with E-state index in [2.05, 4.69) is 10.2 Å². The molecule has 0 aromatic carbocycles. The summed E-state index contributed by atoms with van der Waals surface area (Å²) < 4.78 is 0. The van der Waals surface area contributed by atoms with E-state index in [1.54, 1.807) is 18.3 Å². The minimum Gasteiger partial charge on any atom is -0.477 e. The van der Waals surface area contributed by atoms with Gasteiger partial charge in [0.05, 0.1) is 11.9 Å². The van der Waals surface area contributed by atoms with Crippen LogP contribution in [0, 0.1) is 0 Å². The lowest BCUT2D eigenvalue weighted by molar-refractivity contribution is 0.0702. The molecule has 0 bridgehead atoms. The van der Waals surface area contributed by atoms with E-state index in [0.29, 0.717) is 4.88 Å². The maximum absolute atomic E-state index is 10.8. The molecule has 2 rings (SSSR count). The molecule has 0 amide bonds. The Morgan fingerprint density at radius 3 is 2.94 bits per heavy atom. The van der Waals surface area contributed by atoms with Crippen LogP contribution in [0.2, 0.25) is 0 Å². The van der Waals surface area contributed by atoms with Crippen LogP contribution in [0.5, 0.6) is 0 Å². The average Bonchev–Trinajstić information content (AvgIpc) is 2.78. The highest BCUT2D eigenvalue weighted by Gasteiger charge is 2.09. The molecule has 0 aliphatic carbocycles. The maximum Gasteiger partial charge on any atom is 0.345 e. The highest BCUT2D eigenvalue weighted by atomic mass is 32.1. The molecule has 5 heteroatoms. The van der Waals surface area contributed by atoms with Crippen molar-refractivity contribution in [1.29, 1.82) is 0 Å². The fourth-order valence-corrected chi connectivity index (χ4v) is 2.15. The third-order valence-electron chi connectivity index (χ3n) is 2.17. The quantitative estimate of drug-likeness (QED) is 0.886. The van der Waals surface area contributed by atoms with E-state index in [1.165, 1.54) is 11.3 Å². The molecule has 0 aliphatic rings. The van der Waals surface area contributed by atoms with E-state index in [0.717, 1.165) is 22.6 Å². The molecule has 0 fully saturated rings. The number of carboxylic acids is 1. The number of rotatable bonds is 3. The zero-order chi connectivity index (χ0) is 11.5. The largest absolute Gasteiger partial charge is 0.477 e. The van der Waals surface area contributed by atoms with Crippen LogP contribution >= 0.6 is 11.3 Å². The predicted octanol–water partition coefficient (Wildman–Crippen LogP) is 2.47. The summed E-state index contributed by atoms with van der Waals surface area (Å²) in [6.45, 7) is 2.00. The fourth-order valence-electron chi connectivity index (χ4n) is 1.33. The Morgan fingerprint density at radius 2 is 2.31 bits per heavy atom. The van der Waals surface area contributed by atoms with Gasteiger partial charge in [-0.2, -0.15) is 10.2 Å². The Hall–Kier alpha value is -1.75. The first-order valence-corrected chi connectivity index (χ1v) is 5.67. The van der Waals surface area contributed by atoms with Crippen molar-refractivity contribution in [2.24, 2.45) is 0 Å². The Labute approximate surface area is 96.6 Å². The molecule has 2 heterocycles. The minimum atomic E-state index is -0.894. The van der Waals surface area contributed by atoms with Crippen molar-refractivity contribution in [3.05, 3.63) is 35.0 Å². The van der Waals surface area contributed by atoms with E-state index in [9.17, 15) is 4.79 Å². The van der Waals surface area contributed by atoms with E-state index in [1.807, 2.05) is 13.0 Å². The molecule has 16 heavy (non-hydrogen) atoms. The first kappa shape index (κ1) is 10.8. The summed E-state index contributed by atoms with van der Waals surface area (Å²) in [6, 6.07) is 5.34. The van der Waals surface area contributed by atoms with Crippen LogP contribution < -0.4 is 0 Å². The predicted molar refractivity (Wildman–Crippen MR) is 61.7 cm³/mol. The van der Waals surface area contributed by atoms with Crippen LogP contribution in [0.25, 0.3) is 10.4 Å². The van der Waals surface area contributed by atoms with E-state index in [4.69, 9.17) is 5.11 Å². The molecule has 0 aliphatic heterocycles. The molecule has 2 aromatic heterocycles. The molecule has 1 N–H and O–H groups in total. The van der Waals surface area contributed by atoms with Gasteiger partial charge in [-0.3, -0.25) is 0 Å². The topological polar surface area (TPSA) is 63.1 Å². The van der Waals surface area contributed by atoms with Gasteiger partial charge >= 0.3 is 5.97 Å². The van der Waals surface area contributed by atoms with Crippen molar-refractivity contribution >= 4 is 17.3 Å². The lowest BCUT2D eigenvalue weighted by Crippen LogP contribution is -1.90. The van der Waals surface area contributed by atoms with E-state index >= 15 is 0 Å². The van der Waals surface area contributed by atoms with Gasteiger partial charge in [0.2, 0.25) is 0 Å². The monoisotopic (exact) mass is 234 g/mol. The Morgan fingerprint density at radius 1 is 1.50 bits per heavy atom. The zero-order valence-electron chi connectivity index (χ0n) is 8.67. The summed E-state index contributed by atoms with van der Waals surface area (Å²) in [5.74, 6) is -0.894. The van der Waals surface area contributed by atoms with Gasteiger partial charge in [0.15, 0.2) is 0 Å². The van der Waals surface area contributed by atoms with Gasteiger partial charge in [-0.1, -0.05) is 6.92 Å². The Kier molecular flexibility index (Phi) is 2.96. The number of carbonyl (C=O) groups is 1. The summed E-state index contributed by atoms with van der Waals surface area (Å²) in [5, 5.41) is 16.7. The van der Waals surface area contributed by atoms with Gasteiger partial charge in [-0.25, -0.2) is 4.79 Å². The van der Waals surface area contributed by atoms with Gasteiger partial charge < -0.3 is 5.11 Å². The van der Waals surface area contributed by atoms with Crippen molar-refractivity contribution in [2.75, 3.05) is 0 Å². The summed E-state index contributed by atoms with van der Waals surface area (Å²) >= 11 is 1.25. The van der Waals surface area contributed by atoms with Gasteiger partial charge in [0.1, 0.15) is 4.88 Å². The van der Waals surface area contributed by atoms with E-state index in [-0.39, 0.29) is 0 Å². The number of hydrogen-bond donors (Lipinski definition) is 1. The lowest BCUT2D eigenvalue weighted by Gasteiger charge is -1.98. The third kappa shape index (κ3) is 2.09. The van der Waals surface area contributed by atoms with Crippen molar-refractivity contribution in [3.63, 3.8) is 0 Å². The molecule has 82 valence electrons. The summed E-state index contributed by atoms with van der Waals surface area (Å²) in [6.07, 6.45) is 2.47. The van der Waals surface area contributed by atoms with Crippen molar-refractivity contribution in [1.82, 2.24) is 10.2 Å². The Bertz CT molecular complexity index is 522. The Balaban J connectivity index is 2.38. The fraction of sp³-hybridized carbons (Fsp3) is 0.182. The highest BCUT2D eigenvalue weighted by molar-refractivity contribution is 7.17. The van der Waals surface area contributed by atoms with Gasteiger partial charge in [-0.15, -0.1) is 11.3 Å². The first-order valence-electron chi connectivity index (χ1n) is 4.86. The van der Waals surface area contributed by atoms with Gasteiger partial charge in [0, 0.05) is 10.4 Å². The zero-order valence-corrected chi connectivity index (χ0v) is 9.49. The standard InChI is InChI=1S/C11H10N2O2S/c1-2-8-5-7(6-12-13-8)9-3-4-10(16-9)11(14)15/h3-6H,2H2,1H3,(H,14,15). The molecule has 0 radical (unpaired) electrons. The molecule has 0 saturated carbocycles. The second-order valence-corrected chi connectivity index (χ2v) is 4.34. The number of hydrogen-bond acceptors (Lipinski definition) is 4. The number of carboxylic acid groups (broad SMARTS) is 1. The third-order valence-corrected chi connectivity index (χ3v) is 3.29. The second kappa shape index (κ2) is 4.40. The van der Waals surface area contributed by atoms with Crippen molar-refractivity contribution in [2.45, 2.75) is 13.3 Å². The van der Waals surface area contributed by atoms with Crippen LogP contribution in [0.15, 0.2) is 24.4 Å². The van der Waals surface area contributed by atoms with Crippen LogP contribution in [-0.2, 0) is 6.42 Å². The number of aromatic nitrogens is 2. The summed E-state index contributed by atoms with van der Waals surface area (Å²) in [4.78, 5) is 12.0. The van der Waals surface area contributed by atoms with Crippen LogP contribution in [0.4, 0.5) is 0 Å². The molecule has 0 saturated heterocycles. The van der Waals surface area contributed by atoms with Gasteiger partial charge in [0.25, 0.3) is 0 Å². The molecule has 0 unspecified atom stereocenters. The highest BCUT2D eigenvalue weighted by Crippen LogP contribution is 2.27. The molecule has 4 nitrogen and oxygen atoms in total. The summed E-state index contributed by atoms with van der Waals surface area (Å²) in [7, 11) is 0.